The van der Waals surface area contributed by atoms with Gasteiger partial charge in [-0.05, 0) is 17.7 Å². The lowest BCUT2D eigenvalue weighted by Crippen LogP contribution is -2.13. The van der Waals surface area contributed by atoms with Crippen molar-refractivity contribution in [2.45, 2.75) is 6.61 Å². The van der Waals surface area contributed by atoms with Gasteiger partial charge in [0.1, 0.15) is 12.2 Å². The largest absolute Gasteiger partial charge is 0.472 e. The summed E-state index contributed by atoms with van der Waals surface area (Å²) in [6.07, 6.45) is 1.56. The summed E-state index contributed by atoms with van der Waals surface area (Å²) in [7, 11) is 0. The van der Waals surface area contributed by atoms with Gasteiger partial charge >= 0.3 is 0 Å². The number of hydrogen-bond acceptors (Lipinski definition) is 3. The van der Waals surface area contributed by atoms with Crippen LogP contribution in [0.25, 0.3) is 0 Å². The van der Waals surface area contributed by atoms with E-state index in [1.165, 1.54) is 0 Å². The minimum atomic E-state index is -0.541. The van der Waals surface area contributed by atoms with Crippen LogP contribution in [0.15, 0.2) is 48.7 Å². The Balaban J connectivity index is 2.12. The molecule has 1 aromatic carbocycles. The lowest BCUT2D eigenvalue weighted by Gasteiger charge is -2.07. The topological polar surface area (TPSA) is 65.2 Å². The van der Waals surface area contributed by atoms with Gasteiger partial charge < -0.3 is 10.5 Å². The molecule has 2 N–H and O–H groups in total. The highest BCUT2D eigenvalue weighted by Crippen LogP contribution is 2.15. The molecule has 86 valence electrons. The Morgan fingerprint density at radius 2 is 1.94 bits per heavy atom. The molecule has 1 aromatic heterocycles. The number of carbonyl (C=O) groups is 1. The monoisotopic (exact) mass is 228 g/mol. The smallest absolute Gasteiger partial charge is 0.254 e. The zero-order chi connectivity index (χ0) is 12.1. The van der Waals surface area contributed by atoms with Crippen LogP contribution in [0.5, 0.6) is 5.88 Å². The summed E-state index contributed by atoms with van der Waals surface area (Å²) in [6.45, 7) is 0.359. The molecule has 0 radical (unpaired) electrons. The van der Waals surface area contributed by atoms with Crippen LogP contribution >= 0.6 is 0 Å². The second-order valence-electron chi connectivity index (χ2n) is 3.49. The zero-order valence-corrected chi connectivity index (χ0v) is 9.17. The van der Waals surface area contributed by atoms with Crippen LogP contribution < -0.4 is 10.5 Å². The van der Waals surface area contributed by atoms with Crippen LogP contribution in [-0.2, 0) is 6.61 Å². The average molecular weight is 228 g/mol. The van der Waals surface area contributed by atoms with Gasteiger partial charge in [0, 0.05) is 6.20 Å². The summed E-state index contributed by atoms with van der Waals surface area (Å²) < 4.78 is 5.47. The van der Waals surface area contributed by atoms with E-state index in [-0.39, 0.29) is 5.88 Å². The minimum Gasteiger partial charge on any atom is -0.472 e. The molecule has 2 rings (SSSR count). The molecular formula is C13H12N2O2. The van der Waals surface area contributed by atoms with Crippen molar-refractivity contribution in [1.82, 2.24) is 4.98 Å². The number of rotatable bonds is 4. The second kappa shape index (κ2) is 5.12. The third-order valence-electron chi connectivity index (χ3n) is 2.25. The predicted molar refractivity (Wildman–Crippen MR) is 63.5 cm³/mol. The van der Waals surface area contributed by atoms with E-state index in [0.717, 1.165) is 5.56 Å². The molecule has 0 aliphatic heterocycles. The van der Waals surface area contributed by atoms with Gasteiger partial charge in [-0.15, -0.1) is 0 Å². The fourth-order valence-corrected chi connectivity index (χ4v) is 1.42. The van der Waals surface area contributed by atoms with Crippen LogP contribution in [0.3, 0.4) is 0 Å². The molecular weight excluding hydrogens is 216 g/mol. The Labute approximate surface area is 99.1 Å². The van der Waals surface area contributed by atoms with E-state index in [9.17, 15) is 4.79 Å². The summed E-state index contributed by atoms with van der Waals surface area (Å²) in [5, 5.41) is 0. The number of pyridine rings is 1. The van der Waals surface area contributed by atoms with Gasteiger partial charge in [-0.1, -0.05) is 30.3 Å². The van der Waals surface area contributed by atoms with E-state index >= 15 is 0 Å². The van der Waals surface area contributed by atoms with E-state index in [1.807, 2.05) is 30.3 Å². The van der Waals surface area contributed by atoms with Crippen molar-refractivity contribution in [2.24, 2.45) is 5.73 Å². The van der Waals surface area contributed by atoms with Crippen LogP contribution in [0.2, 0.25) is 0 Å². The first-order chi connectivity index (χ1) is 8.27. The lowest BCUT2D eigenvalue weighted by atomic mass is 10.2. The number of primary amides is 1. The summed E-state index contributed by atoms with van der Waals surface area (Å²) in [6, 6.07) is 12.9. The fourth-order valence-electron chi connectivity index (χ4n) is 1.42. The van der Waals surface area contributed by atoms with Crippen LogP contribution in [0.4, 0.5) is 0 Å². The lowest BCUT2D eigenvalue weighted by molar-refractivity contribution is 0.0995. The summed E-state index contributed by atoms with van der Waals surface area (Å²) in [5.74, 6) is -0.273. The SMILES string of the molecule is NC(=O)c1cccnc1OCc1ccccc1. The van der Waals surface area contributed by atoms with E-state index < -0.39 is 5.91 Å². The van der Waals surface area contributed by atoms with Crippen LogP contribution in [-0.4, -0.2) is 10.9 Å². The summed E-state index contributed by atoms with van der Waals surface area (Å²) >= 11 is 0. The number of nitrogens with two attached hydrogens (primary N) is 1. The molecule has 2 aromatic rings. The van der Waals surface area contributed by atoms with Crippen molar-refractivity contribution in [3.05, 3.63) is 59.8 Å². The molecule has 1 heterocycles. The van der Waals surface area contributed by atoms with Gasteiger partial charge in [0.05, 0.1) is 0 Å². The molecule has 0 fully saturated rings. The van der Waals surface area contributed by atoms with Gasteiger partial charge in [-0.25, -0.2) is 4.98 Å². The predicted octanol–water partition coefficient (Wildman–Crippen LogP) is 1.76. The number of ether oxygens (including phenoxy) is 1. The van der Waals surface area contributed by atoms with E-state index in [0.29, 0.717) is 12.2 Å². The third-order valence-corrected chi connectivity index (χ3v) is 2.25. The molecule has 0 atom stereocenters. The quantitative estimate of drug-likeness (QED) is 0.867. The van der Waals surface area contributed by atoms with Crippen molar-refractivity contribution >= 4 is 5.91 Å². The molecule has 0 saturated carbocycles. The van der Waals surface area contributed by atoms with Gasteiger partial charge in [0.25, 0.3) is 5.91 Å². The highest BCUT2D eigenvalue weighted by atomic mass is 16.5. The molecule has 0 unspecified atom stereocenters. The number of amides is 1. The molecule has 4 heteroatoms. The number of nitrogens with zero attached hydrogens (tertiary/aromatic N) is 1. The van der Waals surface area contributed by atoms with Crippen LogP contribution in [0, 0.1) is 0 Å². The number of hydrogen-bond donors (Lipinski definition) is 1. The van der Waals surface area contributed by atoms with Crippen molar-refractivity contribution in [3.8, 4) is 5.88 Å². The molecule has 1 amide bonds. The van der Waals surface area contributed by atoms with E-state index in [4.69, 9.17) is 10.5 Å². The Kier molecular flexibility index (Phi) is 3.35. The van der Waals surface area contributed by atoms with Crippen LogP contribution in [0.1, 0.15) is 15.9 Å². The number of benzene rings is 1. The molecule has 17 heavy (non-hydrogen) atoms. The maximum atomic E-state index is 11.1. The maximum Gasteiger partial charge on any atom is 0.254 e. The third kappa shape index (κ3) is 2.81. The standard InChI is InChI=1S/C13H12N2O2/c14-12(16)11-7-4-8-15-13(11)17-9-10-5-2-1-3-6-10/h1-8H,9H2,(H2,14,16). The Morgan fingerprint density at radius 1 is 1.18 bits per heavy atom. The van der Waals surface area contributed by atoms with Crippen molar-refractivity contribution in [3.63, 3.8) is 0 Å². The number of aromatic nitrogens is 1. The summed E-state index contributed by atoms with van der Waals surface area (Å²) in [5.41, 5.74) is 6.53. The highest BCUT2D eigenvalue weighted by molar-refractivity contribution is 5.94. The first-order valence-electron chi connectivity index (χ1n) is 5.19. The molecule has 4 nitrogen and oxygen atoms in total. The average Bonchev–Trinajstić information content (AvgIpc) is 2.38. The molecule has 0 spiro atoms. The first kappa shape index (κ1) is 11.1. The van der Waals surface area contributed by atoms with Crippen molar-refractivity contribution < 1.29 is 9.53 Å². The molecule has 0 aliphatic rings. The fraction of sp³-hybridized carbons (Fsp3) is 0.0769. The molecule has 0 bridgehead atoms. The number of carbonyl (C=O) groups excluding carboxylic acids is 1. The molecule has 0 aliphatic carbocycles. The highest BCUT2D eigenvalue weighted by Gasteiger charge is 2.09. The Hall–Kier alpha value is -2.36. The van der Waals surface area contributed by atoms with Gasteiger partial charge in [-0.2, -0.15) is 0 Å². The Bertz CT molecular complexity index is 512. The second-order valence-corrected chi connectivity index (χ2v) is 3.49. The minimum absolute atomic E-state index is 0.267. The maximum absolute atomic E-state index is 11.1. The summed E-state index contributed by atoms with van der Waals surface area (Å²) in [4.78, 5) is 15.1. The normalized spacial score (nSPS) is 9.88. The Morgan fingerprint density at radius 3 is 2.65 bits per heavy atom. The van der Waals surface area contributed by atoms with Gasteiger partial charge in [0.2, 0.25) is 5.88 Å². The zero-order valence-electron chi connectivity index (χ0n) is 9.17. The molecule has 0 saturated heterocycles. The van der Waals surface area contributed by atoms with E-state index in [2.05, 4.69) is 4.98 Å². The van der Waals surface area contributed by atoms with Gasteiger partial charge in [-0.3, -0.25) is 4.79 Å². The van der Waals surface area contributed by atoms with Gasteiger partial charge in [0.15, 0.2) is 0 Å². The first-order valence-corrected chi connectivity index (χ1v) is 5.19. The van der Waals surface area contributed by atoms with Crippen molar-refractivity contribution in [1.29, 1.82) is 0 Å². The van der Waals surface area contributed by atoms with Crippen molar-refractivity contribution in [2.75, 3.05) is 0 Å². The van der Waals surface area contributed by atoms with E-state index in [1.54, 1.807) is 18.3 Å².